The molecule has 1 saturated heterocycles. The summed E-state index contributed by atoms with van der Waals surface area (Å²) < 4.78 is 0. The predicted molar refractivity (Wildman–Crippen MR) is 73.7 cm³/mol. The van der Waals surface area contributed by atoms with Crippen LogP contribution < -0.4 is 0 Å². The molecule has 1 aromatic rings. The average molecular weight is 246 g/mol. The molecule has 0 spiro atoms. The highest BCUT2D eigenvalue weighted by molar-refractivity contribution is 5.86. The van der Waals surface area contributed by atoms with Crippen molar-refractivity contribution in [3.8, 4) is 0 Å². The molecule has 1 aliphatic rings. The molecule has 0 amide bonds. The number of carbonyl (C=O) groups excluding carboxylic acids is 1. The lowest BCUT2D eigenvalue weighted by Gasteiger charge is -2.26. The Bertz CT molecular complexity index is 391. The monoisotopic (exact) mass is 246 g/mol. The second-order valence-electron chi connectivity index (χ2n) is 5.24. The van der Waals surface area contributed by atoms with Crippen LogP contribution in [0, 0.1) is 0 Å². The predicted octanol–water partition coefficient (Wildman–Crippen LogP) is 1.43. The fourth-order valence-electron chi connectivity index (χ4n) is 2.53. The summed E-state index contributed by atoms with van der Waals surface area (Å²) in [5.74, 6) is 0.331. The smallest absolute Gasteiger partial charge is 0.155 e. The van der Waals surface area contributed by atoms with Gasteiger partial charge in [-0.2, -0.15) is 0 Å². The highest BCUT2D eigenvalue weighted by Crippen LogP contribution is 2.11. The van der Waals surface area contributed by atoms with Crippen LogP contribution in [0.3, 0.4) is 0 Å². The van der Waals surface area contributed by atoms with Crippen LogP contribution in [0.25, 0.3) is 0 Å². The van der Waals surface area contributed by atoms with Crippen LogP contribution in [-0.2, 0) is 11.2 Å². The molecule has 1 aromatic carbocycles. The van der Waals surface area contributed by atoms with Gasteiger partial charge in [-0.05, 0) is 39.2 Å². The number of rotatable bonds is 3. The summed E-state index contributed by atoms with van der Waals surface area (Å²) in [6, 6.07) is 10.1. The molecule has 0 bridgehead atoms. The van der Waals surface area contributed by atoms with Crippen LogP contribution in [-0.4, -0.2) is 55.4 Å². The Morgan fingerprint density at radius 1 is 1.22 bits per heavy atom. The van der Waals surface area contributed by atoms with E-state index in [-0.39, 0.29) is 6.04 Å². The Balaban J connectivity index is 2.02. The van der Waals surface area contributed by atoms with Gasteiger partial charge in [-0.1, -0.05) is 30.3 Å². The van der Waals surface area contributed by atoms with Crippen molar-refractivity contribution in [2.45, 2.75) is 18.9 Å². The highest BCUT2D eigenvalue weighted by atomic mass is 16.1. The molecule has 0 aliphatic carbocycles. The summed E-state index contributed by atoms with van der Waals surface area (Å²) in [6.07, 6.45) is 1.69. The summed E-state index contributed by atoms with van der Waals surface area (Å²) in [6.45, 7) is 2.94. The first-order valence-electron chi connectivity index (χ1n) is 6.62. The Morgan fingerprint density at radius 3 is 2.67 bits per heavy atom. The fraction of sp³-hybridized carbons (Fsp3) is 0.533. The van der Waals surface area contributed by atoms with Crippen LogP contribution in [0.15, 0.2) is 30.3 Å². The third-order valence-electron chi connectivity index (χ3n) is 3.66. The maximum atomic E-state index is 12.4. The molecular weight excluding hydrogens is 224 g/mol. The molecule has 1 atom stereocenters. The van der Waals surface area contributed by atoms with Crippen LogP contribution >= 0.6 is 0 Å². The summed E-state index contributed by atoms with van der Waals surface area (Å²) in [4.78, 5) is 16.9. The number of Topliss-reactive ketones (excluding diaryl/α,β-unsaturated/α-hetero) is 1. The molecule has 0 N–H and O–H groups in total. The van der Waals surface area contributed by atoms with Crippen molar-refractivity contribution in [2.75, 3.05) is 33.7 Å². The van der Waals surface area contributed by atoms with E-state index in [1.807, 2.05) is 30.3 Å². The number of nitrogens with zero attached hydrogens (tertiary/aromatic N) is 2. The maximum absolute atomic E-state index is 12.4. The molecule has 98 valence electrons. The van der Waals surface area contributed by atoms with Gasteiger partial charge in [0.1, 0.15) is 0 Å². The van der Waals surface area contributed by atoms with Crippen molar-refractivity contribution in [3.05, 3.63) is 35.9 Å². The zero-order chi connectivity index (χ0) is 13.0. The zero-order valence-corrected chi connectivity index (χ0v) is 11.3. The fourth-order valence-corrected chi connectivity index (χ4v) is 2.53. The topological polar surface area (TPSA) is 23.6 Å². The lowest BCUT2D eigenvalue weighted by Crippen LogP contribution is -2.44. The molecule has 1 heterocycles. The highest BCUT2D eigenvalue weighted by Gasteiger charge is 2.26. The van der Waals surface area contributed by atoms with Crippen molar-refractivity contribution in [3.63, 3.8) is 0 Å². The minimum Gasteiger partial charge on any atom is -0.304 e. The van der Waals surface area contributed by atoms with Gasteiger partial charge in [0, 0.05) is 13.0 Å². The SMILES string of the molecule is CN1CCCN(C)C(C(=O)Cc2ccccc2)C1. The molecule has 1 fully saturated rings. The van der Waals surface area contributed by atoms with Crippen molar-refractivity contribution in [1.82, 2.24) is 9.80 Å². The quantitative estimate of drug-likeness (QED) is 0.806. The van der Waals surface area contributed by atoms with E-state index in [1.165, 1.54) is 0 Å². The van der Waals surface area contributed by atoms with Crippen LogP contribution in [0.5, 0.6) is 0 Å². The number of ketones is 1. The molecule has 0 aromatic heterocycles. The van der Waals surface area contributed by atoms with E-state index in [4.69, 9.17) is 0 Å². The third-order valence-corrected chi connectivity index (χ3v) is 3.66. The lowest BCUT2D eigenvalue weighted by atomic mass is 10.0. The van der Waals surface area contributed by atoms with Gasteiger partial charge < -0.3 is 4.90 Å². The number of likely N-dealkylation sites (N-methyl/N-ethyl adjacent to an activating group) is 2. The minimum atomic E-state index is 0.0395. The van der Waals surface area contributed by atoms with Gasteiger partial charge in [-0.25, -0.2) is 0 Å². The molecule has 1 aliphatic heterocycles. The van der Waals surface area contributed by atoms with E-state index >= 15 is 0 Å². The largest absolute Gasteiger partial charge is 0.304 e. The first-order chi connectivity index (χ1) is 8.66. The van der Waals surface area contributed by atoms with Crippen LogP contribution in [0.2, 0.25) is 0 Å². The zero-order valence-electron chi connectivity index (χ0n) is 11.3. The Labute approximate surface area is 109 Å². The van der Waals surface area contributed by atoms with Gasteiger partial charge in [-0.15, -0.1) is 0 Å². The molecule has 0 radical (unpaired) electrons. The van der Waals surface area contributed by atoms with Gasteiger partial charge in [0.05, 0.1) is 6.04 Å². The van der Waals surface area contributed by atoms with Crippen LogP contribution in [0.1, 0.15) is 12.0 Å². The summed E-state index contributed by atoms with van der Waals surface area (Å²) >= 11 is 0. The lowest BCUT2D eigenvalue weighted by molar-refractivity contribution is -0.123. The van der Waals surface area contributed by atoms with E-state index < -0.39 is 0 Å². The minimum absolute atomic E-state index is 0.0395. The molecule has 1 unspecified atom stereocenters. The van der Waals surface area contributed by atoms with Crippen molar-refractivity contribution >= 4 is 5.78 Å². The molecule has 18 heavy (non-hydrogen) atoms. The van der Waals surface area contributed by atoms with Gasteiger partial charge in [0.15, 0.2) is 5.78 Å². The first kappa shape index (κ1) is 13.2. The van der Waals surface area contributed by atoms with Crippen molar-refractivity contribution in [1.29, 1.82) is 0 Å². The maximum Gasteiger partial charge on any atom is 0.155 e. The second kappa shape index (κ2) is 6.12. The van der Waals surface area contributed by atoms with E-state index in [9.17, 15) is 4.79 Å². The van der Waals surface area contributed by atoms with E-state index in [1.54, 1.807) is 0 Å². The normalized spacial score (nSPS) is 22.7. The van der Waals surface area contributed by atoms with Gasteiger partial charge >= 0.3 is 0 Å². The number of benzene rings is 1. The average Bonchev–Trinajstić information content (AvgIpc) is 2.52. The van der Waals surface area contributed by atoms with Crippen LogP contribution in [0.4, 0.5) is 0 Å². The molecule has 3 heteroatoms. The number of carbonyl (C=O) groups is 1. The first-order valence-corrected chi connectivity index (χ1v) is 6.62. The van der Waals surface area contributed by atoms with Gasteiger partial charge in [-0.3, -0.25) is 9.69 Å². The van der Waals surface area contributed by atoms with Crippen molar-refractivity contribution < 1.29 is 4.79 Å². The number of hydrogen-bond acceptors (Lipinski definition) is 3. The Morgan fingerprint density at radius 2 is 1.94 bits per heavy atom. The Hall–Kier alpha value is -1.19. The summed E-state index contributed by atoms with van der Waals surface area (Å²) in [5, 5.41) is 0. The molecular formula is C15H22N2O. The molecule has 2 rings (SSSR count). The van der Waals surface area contributed by atoms with E-state index in [0.29, 0.717) is 12.2 Å². The molecule has 0 saturated carbocycles. The summed E-state index contributed by atoms with van der Waals surface area (Å²) in [7, 11) is 4.16. The number of hydrogen-bond donors (Lipinski definition) is 0. The second-order valence-corrected chi connectivity index (χ2v) is 5.24. The summed E-state index contributed by atoms with van der Waals surface area (Å²) in [5.41, 5.74) is 1.11. The third kappa shape index (κ3) is 3.40. The van der Waals surface area contributed by atoms with Gasteiger partial charge in [0.2, 0.25) is 0 Å². The van der Waals surface area contributed by atoms with E-state index in [2.05, 4.69) is 23.9 Å². The molecule has 3 nitrogen and oxygen atoms in total. The van der Waals surface area contributed by atoms with Crippen molar-refractivity contribution in [2.24, 2.45) is 0 Å². The van der Waals surface area contributed by atoms with E-state index in [0.717, 1.165) is 31.6 Å². The Kier molecular flexibility index (Phi) is 4.50. The van der Waals surface area contributed by atoms with Gasteiger partial charge in [0.25, 0.3) is 0 Å². The standard InChI is InChI=1S/C15H22N2O/c1-16-9-6-10-17(2)14(12-16)15(18)11-13-7-4-3-5-8-13/h3-5,7-8,14H,6,9-12H2,1-2H3.